The first-order valence-electron chi connectivity index (χ1n) is 11.6. The van der Waals surface area contributed by atoms with E-state index in [1.54, 1.807) is 0 Å². The molecule has 1 aromatic carbocycles. The summed E-state index contributed by atoms with van der Waals surface area (Å²) in [5.74, 6) is 0. The Labute approximate surface area is 183 Å². The molecule has 1 atom stereocenters. The molecule has 1 rings (SSSR count). The zero-order chi connectivity index (χ0) is 21.4. The molecule has 5 heteroatoms. The van der Waals surface area contributed by atoms with Crippen LogP contribution in [0.5, 0.6) is 0 Å². The molecule has 1 aromatic rings. The van der Waals surface area contributed by atoms with Crippen LogP contribution in [0.25, 0.3) is 0 Å². The summed E-state index contributed by atoms with van der Waals surface area (Å²) in [7, 11) is 0. The molecule has 29 heavy (non-hydrogen) atoms. The Morgan fingerprint density at radius 2 is 1.52 bits per heavy atom. The van der Waals surface area contributed by atoms with Crippen molar-refractivity contribution in [3.63, 3.8) is 0 Å². The van der Waals surface area contributed by atoms with Gasteiger partial charge in [-0.05, 0) is 0 Å². The summed E-state index contributed by atoms with van der Waals surface area (Å²) < 4.78 is 17.0. The van der Waals surface area contributed by atoms with Crippen molar-refractivity contribution in [3.8, 4) is 0 Å². The van der Waals surface area contributed by atoms with E-state index >= 15 is 0 Å². The fraction of sp³-hybridized carbons (Fsp3) is 0.708. The molecule has 1 N–H and O–H groups in total. The molecule has 0 radical (unpaired) electrons. The van der Waals surface area contributed by atoms with Crippen LogP contribution in [0, 0.1) is 0 Å². The molecule has 166 valence electrons. The summed E-state index contributed by atoms with van der Waals surface area (Å²) in [4.78, 5) is 12.0. The van der Waals surface area contributed by atoms with E-state index in [1.165, 1.54) is 51.8 Å². The summed E-state index contributed by atoms with van der Waals surface area (Å²) in [6.07, 6.45) is 7.55. The van der Waals surface area contributed by atoms with Gasteiger partial charge in [-0.1, -0.05) is 0 Å². The standard InChI is InChI=1S/C12H16NO3.3C4H9.Sn/c1-10(15-2)8-13-12(14)16-9-11-6-4-3-5-7-11;3*1-3-4-2;/h3-7,10H,2,8-9H2,1H3,(H,13,14);3*1,3-4H2,2H3;. The van der Waals surface area contributed by atoms with Crippen LogP contribution in [0.2, 0.25) is 13.3 Å². The third kappa shape index (κ3) is 11.9. The van der Waals surface area contributed by atoms with E-state index in [0.29, 0.717) is 13.2 Å². The van der Waals surface area contributed by atoms with Crippen LogP contribution in [0.4, 0.5) is 4.79 Å². The van der Waals surface area contributed by atoms with Gasteiger partial charge in [0.2, 0.25) is 0 Å². The Morgan fingerprint density at radius 1 is 0.966 bits per heavy atom. The Bertz CT molecular complexity index is 516. The monoisotopic (exact) mass is 513 g/mol. The van der Waals surface area contributed by atoms with Crippen LogP contribution in [-0.4, -0.2) is 41.7 Å². The quantitative estimate of drug-likeness (QED) is 0.251. The molecule has 0 saturated heterocycles. The van der Waals surface area contributed by atoms with E-state index in [9.17, 15) is 4.79 Å². The van der Waals surface area contributed by atoms with Crippen molar-refractivity contribution in [2.24, 2.45) is 0 Å². The second-order valence-corrected chi connectivity index (χ2v) is 22.0. The van der Waals surface area contributed by atoms with Gasteiger partial charge >= 0.3 is 183 Å². The SMILES string of the molecule is CCC[CH2][Sn]([CH2]CCC)([CH2]CCC)[CH2]OC(C)CNC(=O)OCc1ccccc1. The van der Waals surface area contributed by atoms with Gasteiger partial charge in [0.05, 0.1) is 0 Å². The predicted octanol–water partition coefficient (Wildman–Crippen LogP) is 6.71. The van der Waals surface area contributed by atoms with Gasteiger partial charge < -0.3 is 0 Å². The number of hydrogen-bond acceptors (Lipinski definition) is 3. The summed E-state index contributed by atoms with van der Waals surface area (Å²) in [6.45, 7) is 9.76. The molecule has 0 aliphatic heterocycles. The molecule has 0 fully saturated rings. The molecule has 4 nitrogen and oxygen atoms in total. The predicted molar refractivity (Wildman–Crippen MR) is 125 cm³/mol. The van der Waals surface area contributed by atoms with Crippen LogP contribution in [0.15, 0.2) is 30.3 Å². The van der Waals surface area contributed by atoms with Crippen LogP contribution < -0.4 is 5.32 Å². The maximum atomic E-state index is 12.0. The number of nitrogens with one attached hydrogen (secondary N) is 1. The van der Waals surface area contributed by atoms with Gasteiger partial charge in [-0.15, -0.1) is 0 Å². The zero-order valence-electron chi connectivity index (χ0n) is 19.2. The zero-order valence-corrected chi connectivity index (χ0v) is 22.0. The van der Waals surface area contributed by atoms with Gasteiger partial charge in [-0.25, -0.2) is 0 Å². The van der Waals surface area contributed by atoms with Crippen molar-refractivity contribution < 1.29 is 14.3 Å². The van der Waals surface area contributed by atoms with Crippen molar-refractivity contribution in [1.82, 2.24) is 5.32 Å². The van der Waals surface area contributed by atoms with Crippen molar-refractivity contribution in [2.75, 3.05) is 11.2 Å². The van der Waals surface area contributed by atoms with E-state index in [0.717, 1.165) is 10.2 Å². The third-order valence-corrected chi connectivity index (χ3v) is 19.9. The number of rotatable bonds is 16. The first kappa shape index (κ1) is 26.3. The summed E-state index contributed by atoms with van der Waals surface area (Å²) >= 11 is -2.27. The maximum absolute atomic E-state index is 12.0. The first-order valence-corrected chi connectivity index (χ1v) is 19.7. The second kappa shape index (κ2) is 16.0. The Morgan fingerprint density at radius 3 is 2.03 bits per heavy atom. The Balaban J connectivity index is 2.44. The van der Waals surface area contributed by atoms with E-state index in [4.69, 9.17) is 9.47 Å². The minimum absolute atomic E-state index is 0.0280. The molecular weight excluding hydrogens is 469 g/mol. The number of amides is 1. The summed E-state index contributed by atoms with van der Waals surface area (Å²) in [5.41, 5.74) is 0.994. The average Bonchev–Trinajstić information content (AvgIpc) is 2.76. The molecule has 0 aliphatic carbocycles. The average molecular weight is 512 g/mol. The molecule has 0 heterocycles. The number of alkyl carbamates (subject to hydrolysis) is 1. The van der Waals surface area contributed by atoms with E-state index in [-0.39, 0.29) is 12.2 Å². The van der Waals surface area contributed by atoms with Crippen LogP contribution in [0.3, 0.4) is 0 Å². The second-order valence-electron chi connectivity index (χ2n) is 8.37. The summed E-state index contributed by atoms with van der Waals surface area (Å²) in [6, 6.07) is 9.75. The van der Waals surface area contributed by atoms with Crippen LogP contribution in [0.1, 0.15) is 71.8 Å². The van der Waals surface area contributed by atoms with Crippen molar-refractivity contribution in [2.45, 2.75) is 92.2 Å². The number of hydrogen-bond donors (Lipinski definition) is 1. The fourth-order valence-corrected chi connectivity index (χ4v) is 18.3. The Hall–Kier alpha value is -0.751. The normalized spacial score (nSPS) is 12.6. The molecule has 0 saturated carbocycles. The van der Waals surface area contributed by atoms with Gasteiger partial charge in [-0.2, -0.15) is 0 Å². The molecule has 1 unspecified atom stereocenters. The number of benzene rings is 1. The van der Waals surface area contributed by atoms with Gasteiger partial charge in [0.15, 0.2) is 0 Å². The van der Waals surface area contributed by atoms with Gasteiger partial charge in [0.25, 0.3) is 0 Å². The van der Waals surface area contributed by atoms with Crippen molar-refractivity contribution in [1.29, 1.82) is 0 Å². The topological polar surface area (TPSA) is 47.6 Å². The first-order chi connectivity index (χ1) is 14.0. The molecular formula is C24H43NO3Sn. The van der Waals surface area contributed by atoms with E-state index < -0.39 is 18.4 Å². The number of ether oxygens (including phenoxy) is 2. The van der Waals surface area contributed by atoms with Crippen molar-refractivity contribution >= 4 is 24.5 Å². The van der Waals surface area contributed by atoms with Crippen LogP contribution >= 0.6 is 0 Å². The molecule has 0 bridgehead atoms. The van der Waals surface area contributed by atoms with Gasteiger partial charge in [0, 0.05) is 0 Å². The molecule has 0 aromatic heterocycles. The fourth-order valence-electron chi connectivity index (χ4n) is 3.63. The number of carbonyl (C=O) groups is 1. The van der Waals surface area contributed by atoms with Gasteiger partial charge in [0.1, 0.15) is 0 Å². The van der Waals surface area contributed by atoms with Crippen molar-refractivity contribution in [3.05, 3.63) is 35.9 Å². The number of carbonyl (C=O) groups excluding carboxylic acids is 1. The van der Waals surface area contributed by atoms with E-state index in [1.807, 2.05) is 30.3 Å². The Kier molecular flexibility index (Phi) is 14.5. The summed E-state index contributed by atoms with van der Waals surface area (Å²) in [5, 5.41) is 2.86. The van der Waals surface area contributed by atoms with Crippen LogP contribution in [-0.2, 0) is 16.1 Å². The van der Waals surface area contributed by atoms with Gasteiger partial charge in [-0.3, -0.25) is 0 Å². The minimum atomic E-state index is -2.27. The molecule has 0 aliphatic rings. The molecule has 1 amide bonds. The van der Waals surface area contributed by atoms with E-state index in [2.05, 4.69) is 33.0 Å². The third-order valence-electron chi connectivity index (χ3n) is 5.60. The molecule has 0 spiro atoms. The number of unbranched alkanes of at least 4 members (excludes halogenated alkanes) is 3.